The van der Waals surface area contributed by atoms with Crippen LogP contribution < -0.4 is 15.0 Å². The third kappa shape index (κ3) is 5.36. The lowest BCUT2D eigenvalue weighted by atomic mass is 9.99. The normalized spacial score (nSPS) is 15.8. The third-order valence-electron chi connectivity index (χ3n) is 6.33. The predicted octanol–water partition coefficient (Wildman–Crippen LogP) is 5.71. The van der Waals surface area contributed by atoms with Crippen LogP contribution in [0.2, 0.25) is 5.02 Å². The van der Waals surface area contributed by atoms with Gasteiger partial charge in [0, 0.05) is 16.9 Å². The van der Waals surface area contributed by atoms with Crippen LogP contribution in [0.5, 0.6) is 5.75 Å². The molecule has 1 saturated heterocycles. The Morgan fingerprint density at radius 3 is 2.53 bits per heavy atom. The lowest BCUT2D eigenvalue weighted by Gasteiger charge is -2.26. The van der Waals surface area contributed by atoms with Gasteiger partial charge in [0.05, 0.1) is 12.2 Å². The molecule has 1 aliphatic rings. The smallest absolute Gasteiger partial charge is 0.335 e. The first-order valence-corrected chi connectivity index (χ1v) is 12.2. The lowest BCUT2D eigenvalue weighted by molar-refractivity contribution is -0.122. The Morgan fingerprint density at radius 1 is 1.08 bits per heavy atom. The summed E-state index contributed by atoms with van der Waals surface area (Å²) in [5.74, 6) is -0.177. The minimum Gasteiger partial charge on any atom is -0.492 e. The largest absolute Gasteiger partial charge is 0.492 e. The maximum atomic E-state index is 13.2. The summed E-state index contributed by atoms with van der Waals surface area (Å²) in [6.07, 6.45) is 4.40. The van der Waals surface area contributed by atoms with Crippen LogP contribution in [-0.4, -0.2) is 29.0 Å². The number of carbonyl (C=O) groups is 3. The minimum absolute atomic E-state index is 0.146. The van der Waals surface area contributed by atoms with Gasteiger partial charge in [0.1, 0.15) is 17.9 Å². The van der Waals surface area contributed by atoms with Crippen LogP contribution in [0.3, 0.4) is 0 Å². The lowest BCUT2D eigenvalue weighted by Crippen LogP contribution is -2.54. The fraction of sp³-hybridized carbons (Fsp3) is 0.250. The summed E-state index contributed by atoms with van der Waals surface area (Å²) in [5.41, 5.74) is 2.87. The van der Waals surface area contributed by atoms with E-state index in [1.807, 2.05) is 35.9 Å². The molecule has 1 atom stereocenters. The summed E-state index contributed by atoms with van der Waals surface area (Å²) in [5, 5.41) is 2.65. The molecule has 0 saturated carbocycles. The average molecular weight is 506 g/mol. The standard InChI is InChI=1S/C28H28ClN3O4/c1-4-18(2)20-8-11-23(12-9-20)36-15-14-31-13-5-6-21(31)16-24-26(33)30-28(35)32(27(24)34)22-10-7-19(3)25(29)17-22/h5-13,16-18H,4,14-15H2,1-3H3,(H,30,33,35)/b24-16-/t18-/m0/s1. The van der Waals surface area contributed by atoms with E-state index in [-0.39, 0.29) is 11.3 Å². The highest BCUT2D eigenvalue weighted by Gasteiger charge is 2.37. The number of hydrogen-bond donors (Lipinski definition) is 1. The molecule has 1 aromatic heterocycles. The number of aryl methyl sites for hydroxylation is 1. The monoisotopic (exact) mass is 505 g/mol. The van der Waals surface area contributed by atoms with Gasteiger partial charge in [0.15, 0.2) is 0 Å². The molecule has 0 radical (unpaired) electrons. The van der Waals surface area contributed by atoms with Crippen LogP contribution in [0.1, 0.15) is 43.0 Å². The third-order valence-corrected chi connectivity index (χ3v) is 6.74. The first-order valence-electron chi connectivity index (χ1n) is 11.8. The fourth-order valence-electron chi connectivity index (χ4n) is 3.91. The molecule has 4 amide bonds. The van der Waals surface area contributed by atoms with Crippen LogP contribution >= 0.6 is 11.6 Å². The molecular weight excluding hydrogens is 478 g/mol. The van der Waals surface area contributed by atoms with Gasteiger partial charge < -0.3 is 9.30 Å². The molecule has 1 fully saturated rings. The Balaban J connectivity index is 1.48. The summed E-state index contributed by atoms with van der Waals surface area (Å²) in [6, 6.07) is 15.7. The van der Waals surface area contributed by atoms with E-state index in [9.17, 15) is 14.4 Å². The van der Waals surface area contributed by atoms with Gasteiger partial charge in [-0.25, -0.2) is 9.69 Å². The van der Waals surface area contributed by atoms with E-state index in [1.54, 1.807) is 18.2 Å². The van der Waals surface area contributed by atoms with Gasteiger partial charge in [-0.05, 0) is 72.9 Å². The Morgan fingerprint density at radius 2 is 1.83 bits per heavy atom. The molecule has 0 aliphatic carbocycles. The zero-order valence-corrected chi connectivity index (χ0v) is 21.2. The summed E-state index contributed by atoms with van der Waals surface area (Å²) in [6.45, 7) is 7.09. The zero-order chi connectivity index (χ0) is 25.8. The number of benzene rings is 2. The first-order chi connectivity index (χ1) is 17.3. The van der Waals surface area contributed by atoms with Gasteiger partial charge in [-0.2, -0.15) is 0 Å². The fourth-order valence-corrected chi connectivity index (χ4v) is 4.09. The highest BCUT2D eigenvalue weighted by Crippen LogP contribution is 2.27. The summed E-state index contributed by atoms with van der Waals surface area (Å²) in [7, 11) is 0. The van der Waals surface area contributed by atoms with Crippen molar-refractivity contribution in [1.29, 1.82) is 0 Å². The van der Waals surface area contributed by atoms with Crippen molar-refractivity contribution in [3.8, 4) is 5.75 Å². The molecule has 2 aromatic carbocycles. The number of anilines is 1. The van der Waals surface area contributed by atoms with Crippen LogP contribution in [0, 0.1) is 6.92 Å². The van der Waals surface area contributed by atoms with Crippen LogP contribution in [-0.2, 0) is 16.1 Å². The number of amides is 4. The second kappa shape index (κ2) is 10.8. The molecule has 3 aromatic rings. The van der Waals surface area contributed by atoms with Crippen LogP contribution in [0.25, 0.3) is 6.08 Å². The van der Waals surface area contributed by atoms with Crippen LogP contribution in [0.4, 0.5) is 10.5 Å². The van der Waals surface area contributed by atoms with E-state index in [0.29, 0.717) is 29.8 Å². The maximum absolute atomic E-state index is 13.2. The highest BCUT2D eigenvalue weighted by atomic mass is 35.5. The number of carbonyl (C=O) groups excluding carboxylic acids is 3. The molecule has 4 rings (SSSR count). The second-order valence-corrected chi connectivity index (χ2v) is 9.15. The highest BCUT2D eigenvalue weighted by molar-refractivity contribution is 6.39. The molecular formula is C28H28ClN3O4. The van der Waals surface area contributed by atoms with Gasteiger partial charge in [-0.1, -0.05) is 43.6 Å². The first kappa shape index (κ1) is 25.3. The molecule has 186 valence electrons. The van der Waals surface area contributed by atoms with E-state index < -0.39 is 17.8 Å². The Hall–Kier alpha value is -3.84. The number of aromatic nitrogens is 1. The molecule has 7 nitrogen and oxygen atoms in total. The summed E-state index contributed by atoms with van der Waals surface area (Å²) in [4.78, 5) is 39.1. The molecule has 0 spiro atoms. The van der Waals surface area contributed by atoms with Crippen molar-refractivity contribution in [3.63, 3.8) is 0 Å². The van der Waals surface area contributed by atoms with Gasteiger partial charge in [-0.15, -0.1) is 0 Å². The van der Waals surface area contributed by atoms with Crippen molar-refractivity contribution < 1.29 is 19.1 Å². The van der Waals surface area contributed by atoms with Gasteiger partial charge in [0.2, 0.25) is 0 Å². The zero-order valence-electron chi connectivity index (χ0n) is 20.5. The molecule has 8 heteroatoms. The Labute approximate surface area is 215 Å². The number of nitrogens with zero attached hydrogens (tertiary/aromatic N) is 2. The predicted molar refractivity (Wildman–Crippen MR) is 140 cm³/mol. The van der Waals surface area contributed by atoms with Gasteiger partial charge in [0.25, 0.3) is 11.8 Å². The molecule has 0 unspecified atom stereocenters. The average Bonchev–Trinajstić information content (AvgIpc) is 3.30. The summed E-state index contributed by atoms with van der Waals surface area (Å²) < 4.78 is 7.77. The maximum Gasteiger partial charge on any atom is 0.335 e. The SMILES string of the molecule is CC[C@H](C)c1ccc(OCCn2cccc2/C=C2/C(=O)NC(=O)N(c3ccc(C)c(Cl)c3)C2=O)cc1. The van der Waals surface area contributed by atoms with E-state index in [2.05, 4.69) is 31.3 Å². The van der Waals surface area contributed by atoms with Gasteiger partial charge >= 0.3 is 6.03 Å². The van der Waals surface area contributed by atoms with Crippen molar-refractivity contribution >= 4 is 41.2 Å². The number of ether oxygens (including phenoxy) is 1. The van der Waals surface area contributed by atoms with Crippen molar-refractivity contribution in [2.45, 2.75) is 39.7 Å². The van der Waals surface area contributed by atoms with E-state index >= 15 is 0 Å². The molecule has 2 heterocycles. The molecule has 36 heavy (non-hydrogen) atoms. The number of rotatable bonds is 8. The number of urea groups is 1. The van der Waals surface area contributed by atoms with E-state index in [0.717, 1.165) is 22.6 Å². The van der Waals surface area contributed by atoms with Crippen molar-refractivity contribution in [1.82, 2.24) is 9.88 Å². The molecule has 0 bridgehead atoms. The minimum atomic E-state index is -0.815. The van der Waals surface area contributed by atoms with Gasteiger partial charge in [-0.3, -0.25) is 14.9 Å². The quantitative estimate of drug-likeness (QED) is 0.314. The topological polar surface area (TPSA) is 80.6 Å². The second-order valence-electron chi connectivity index (χ2n) is 8.74. The number of barbiturate groups is 1. The Kier molecular flexibility index (Phi) is 7.60. The molecule has 1 N–H and O–H groups in total. The number of halogens is 1. The number of nitrogens with one attached hydrogen (secondary N) is 1. The van der Waals surface area contributed by atoms with E-state index in [4.69, 9.17) is 16.3 Å². The van der Waals surface area contributed by atoms with Crippen molar-refractivity contribution in [3.05, 3.63) is 88.2 Å². The number of imide groups is 2. The van der Waals surface area contributed by atoms with Crippen molar-refractivity contribution in [2.24, 2.45) is 0 Å². The van der Waals surface area contributed by atoms with Crippen molar-refractivity contribution in [2.75, 3.05) is 11.5 Å². The van der Waals surface area contributed by atoms with E-state index in [1.165, 1.54) is 17.7 Å². The summed E-state index contributed by atoms with van der Waals surface area (Å²) >= 11 is 6.18. The van der Waals surface area contributed by atoms with Crippen LogP contribution in [0.15, 0.2) is 66.4 Å². The Bertz CT molecular complexity index is 1330. The molecule has 1 aliphatic heterocycles. The number of hydrogen-bond acceptors (Lipinski definition) is 4.